The van der Waals surface area contributed by atoms with Crippen LogP contribution in [0.15, 0.2) is 63.8 Å². The maximum Gasteiger partial charge on any atom is 0.336 e. The van der Waals surface area contributed by atoms with E-state index in [2.05, 4.69) is 15.9 Å². The summed E-state index contributed by atoms with van der Waals surface area (Å²) in [7, 11) is 4.75. The molecule has 1 aliphatic rings. The van der Waals surface area contributed by atoms with Crippen LogP contribution < -0.4 is 29.6 Å². The van der Waals surface area contributed by atoms with Gasteiger partial charge >= 0.3 is 5.63 Å². The van der Waals surface area contributed by atoms with E-state index >= 15 is 0 Å². The van der Waals surface area contributed by atoms with Crippen molar-refractivity contribution in [1.82, 2.24) is 0 Å². The second-order valence-corrected chi connectivity index (χ2v) is 8.46. The molecule has 1 aromatic heterocycles. The fraction of sp³-hybridized carbons (Fsp3) is 0.222. The molecule has 9 heteroatoms. The SMILES string of the molecule is COc1cc(CN2CN(Cc3cc(=O)oc4c(O)c(O)ccc34)c3ccccc32)cc(OC)c1OC. The van der Waals surface area contributed by atoms with Crippen LogP contribution in [0.5, 0.6) is 28.7 Å². The van der Waals surface area contributed by atoms with Crippen LogP contribution in [-0.4, -0.2) is 38.2 Å². The van der Waals surface area contributed by atoms with Gasteiger partial charge in [0.2, 0.25) is 11.5 Å². The second-order valence-electron chi connectivity index (χ2n) is 8.46. The molecule has 4 aromatic rings. The van der Waals surface area contributed by atoms with E-state index in [-0.39, 0.29) is 11.3 Å². The summed E-state index contributed by atoms with van der Waals surface area (Å²) in [5.41, 5.74) is 3.08. The van der Waals surface area contributed by atoms with Gasteiger partial charge in [0.05, 0.1) is 39.4 Å². The Kier molecular flexibility index (Phi) is 5.97. The molecule has 36 heavy (non-hydrogen) atoms. The minimum atomic E-state index is -0.597. The van der Waals surface area contributed by atoms with Gasteiger partial charge in [-0.05, 0) is 47.5 Å². The van der Waals surface area contributed by atoms with Crippen LogP contribution >= 0.6 is 0 Å². The average molecular weight is 491 g/mol. The second kappa shape index (κ2) is 9.26. The van der Waals surface area contributed by atoms with Crippen molar-refractivity contribution < 1.29 is 28.8 Å². The van der Waals surface area contributed by atoms with Crippen LogP contribution in [0.1, 0.15) is 11.1 Å². The van der Waals surface area contributed by atoms with Crippen molar-refractivity contribution in [2.24, 2.45) is 0 Å². The van der Waals surface area contributed by atoms with E-state index in [1.807, 2.05) is 30.3 Å². The van der Waals surface area contributed by atoms with Crippen molar-refractivity contribution in [2.75, 3.05) is 37.8 Å². The van der Waals surface area contributed by atoms with Crippen molar-refractivity contribution in [3.8, 4) is 28.7 Å². The molecule has 0 bridgehead atoms. The molecule has 2 heterocycles. The number of hydrogen-bond acceptors (Lipinski definition) is 9. The molecule has 186 valence electrons. The fourth-order valence-corrected chi connectivity index (χ4v) is 4.68. The highest BCUT2D eigenvalue weighted by molar-refractivity contribution is 5.88. The normalized spacial score (nSPS) is 12.6. The van der Waals surface area contributed by atoms with Gasteiger partial charge in [-0.2, -0.15) is 0 Å². The molecular weight excluding hydrogens is 464 g/mol. The molecule has 0 aliphatic carbocycles. The highest BCUT2D eigenvalue weighted by Crippen LogP contribution is 2.42. The third-order valence-electron chi connectivity index (χ3n) is 6.31. The molecule has 0 fully saturated rings. The van der Waals surface area contributed by atoms with Gasteiger partial charge in [0, 0.05) is 24.5 Å². The Balaban J connectivity index is 1.49. The summed E-state index contributed by atoms with van der Waals surface area (Å²) in [6, 6.07) is 16.3. The summed E-state index contributed by atoms with van der Waals surface area (Å²) in [6.07, 6.45) is 0. The first-order valence-corrected chi connectivity index (χ1v) is 11.3. The van der Waals surface area contributed by atoms with E-state index in [4.69, 9.17) is 18.6 Å². The van der Waals surface area contributed by atoms with E-state index in [0.29, 0.717) is 48.0 Å². The van der Waals surface area contributed by atoms with Crippen molar-refractivity contribution in [3.63, 3.8) is 0 Å². The summed E-state index contributed by atoms with van der Waals surface area (Å²) in [4.78, 5) is 16.6. The number of nitrogens with zero attached hydrogens (tertiary/aromatic N) is 2. The van der Waals surface area contributed by atoms with Crippen LogP contribution in [-0.2, 0) is 13.1 Å². The van der Waals surface area contributed by atoms with E-state index in [1.54, 1.807) is 27.4 Å². The Labute approximate surface area is 207 Å². The predicted octanol–water partition coefficient (Wildman–Crippen LogP) is 4.21. The Morgan fingerprint density at radius 2 is 1.50 bits per heavy atom. The monoisotopic (exact) mass is 490 g/mol. The number of rotatable bonds is 7. The molecule has 0 radical (unpaired) electrons. The molecular formula is C27H26N2O7. The molecule has 0 spiro atoms. The maximum absolute atomic E-state index is 12.2. The number of benzene rings is 3. The predicted molar refractivity (Wildman–Crippen MR) is 136 cm³/mol. The van der Waals surface area contributed by atoms with E-state index < -0.39 is 11.4 Å². The number of para-hydroxylation sites is 2. The van der Waals surface area contributed by atoms with Gasteiger partial charge < -0.3 is 38.6 Å². The number of anilines is 2. The number of phenols is 2. The van der Waals surface area contributed by atoms with Crippen LogP contribution in [0.3, 0.4) is 0 Å². The fourth-order valence-electron chi connectivity index (χ4n) is 4.68. The quantitative estimate of drug-likeness (QED) is 0.291. The summed E-state index contributed by atoms with van der Waals surface area (Å²) >= 11 is 0. The first-order valence-electron chi connectivity index (χ1n) is 11.3. The van der Waals surface area contributed by atoms with Crippen LogP contribution in [0.4, 0.5) is 11.4 Å². The van der Waals surface area contributed by atoms with Gasteiger partial charge in [-0.3, -0.25) is 0 Å². The molecule has 1 aliphatic heterocycles. The molecule has 0 saturated carbocycles. The lowest BCUT2D eigenvalue weighted by molar-refractivity contribution is 0.324. The third kappa shape index (κ3) is 3.98. The number of fused-ring (bicyclic) bond motifs is 2. The number of methoxy groups -OCH3 is 3. The molecule has 5 rings (SSSR count). The van der Waals surface area contributed by atoms with Gasteiger partial charge in [-0.15, -0.1) is 0 Å². The zero-order chi connectivity index (χ0) is 25.4. The Morgan fingerprint density at radius 3 is 2.11 bits per heavy atom. The highest BCUT2D eigenvalue weighted by Gasteiger charge is 2.27. The number of phenolic OH excluding ortho intramolecular Hbond substituents is 2. The van der Waals surface area contributed by atoms with Crippen molar-refractivity contribution >= 4 is 22.3 Å². The first-order chi connectivity index (χ1) is 17.4. The van der Waals surface area contributed by atoms with Crippen molar-refractivity contribution in [3.05, 3.63) is 76.1 Å². The number of aromatic hydroxyl groups is 2. The van der Waals surface area contributed by atoms with Crippen molar-refractivity contribution in [2.45, 2.75) is 13.1 Å². The Hall–Kier alpha value is -4.53. The van der Waals surface area contributed by atoms with E-state index in [1.165, 1.54) is 12.1 Å². The summed E-state index contributed by atoms with van der Waals surface area (Å²) < 4.78 is 21.7. The minimum absolute atomic E-state index is 0.0285. The zero-order valence-corrected chi connectivity index (χ0v) is 20.1. The lowest BCUT2D eigenvalue weighted by Crippen LogP contribution is -2.30. The summed E-state index contributed by atoms with van der Waals surface area (Å²) in [6.45, 7) is 1.54. The summed E-state index contributed by atoms with van der Waals surface area (Å²) in [5.74, 6) is 0.919. The zero-order valence-electron chi connectivity index (χ0n) is 20.1. The maximum atomic E-state index is 12.2. The molecule has 3 aromatic carbocycles. The van der Waals surface area contributed by atoms with Crippen LogP contribution in [0.25, 0.3) is 11.0 Å². The smallest absolute Gasteiger partial charge is 0.336 e. The van der Waals surface area contributed by atoms with E-state index in [0.717, 1.165) is 16.9 Å². The third-order valence-corrected chi connectivity index (χ3v) is 6.31. The number of ether oxygens (including phenoxy) is 3. The van der Waals surface area contributed by atoms with Gasteiger partial charge in [0.15, 0.2) is 22.8 Å². The first kappa shape index (κ1) is 23.2. The molecule has 0 atom stereocenters. The highest BCUT2D eigenvalue weighted by atomic mass is 16.5. The van der Waals surface area contributed by atoms with Gasteiger partial charge in [-0.25, -0.2) is 4.79 Å². The van der Waals surface area contributed by atoms with Gasteiger partial charge in [-0.1, -0.05) is 12.1 Å². The van der Waals surface area contributed by atoms with E-state index in [9.17, 15) is 15.0 Å². The average Bonchev–Trinajstić information content (AvgIpc) is 3.22. The minimum Gasteiger partial charge on any atom is -0.504 e. The molecule has 2 N–H and O–H groups in total. The lowest BCUT2D eigenvalue weighted by Gasteiger charge is -2.23. The Bertz CT molecular complexity index is 1470. The molecule has 0 unspecified atom stereocenters. The molecule has 9 nitrogen and oxygen atoms in total. The van der Waals surface area contributed by atoms with Crippen LogP contribution in [0, 0.1) is 0 Å². The molecule has 0 amide bonds. The van der Waals surface area contributed by atoms with Gasteiger partial charge in [0.25, 0.3) is 0 Å². The Morgan fingerprint density at radius 1 is 0.861 bits per heavy atom. The summed E-state index contributed by atoms with van der Waals surface area (Å²) in [5, 5.41) is 20.6. The van der Waals surface area contributed by atoms with Gasteiger partial charge in [0.1, 0.15) is 0 Å². The number of hydrogen-bond donors (Lipinski definition) is 2. The largest absolute Gasteiger partial charge is 0.504 e. The lowest BCUT2D eigenvalue weighted by atomic mass is 10.1. The topological polar surface area (TPSA) is 105 Å². The van der Waals surface area contributed by atoms with Crippen molar-refractivity contribution in [1.29, 1.82) is 0 Å². The molecule has 0 saturated heterocycles. The van der Waals surface area contributed by atoms with Crippen LogP contribution in [0.2, 0.25) is 0 Å². The standard InChI is InChI=1S/C27H26N2O7/c1-33-22-10-16(11-23(34-2)27(22)35-3)13-28-15-29(20-7-5-4-6-19(20)28)14-17-12-24(31)36-26-18(17)8-9-21(30)25(26)32/h4-12,30,32H,13-15H2,1-3H3.